The summed E-state index contributed by atoms with van der Waals surface area (Å²) in [5, 5.41) is 2.50. The summed E-state index contributed by atoms with van der Waals surface area (Å²) in [6.45, 7) is 2.19. The molecule has 66 valence electrons. The van der Waals surface area contributed by atoms with Gasteiger partial charge in [-0.3, -0.25) is 4.79 Å². The van der Waals surface area contributed by atoms with E-state index in [9.17, 15) is 4.79 Å². The molecule has 0 saturated carbocycles. The highest BCUT2D eigenvalue weighted by atomic mass is 32.1. The number of hydrogen-bond acceptors (Lipinski definition) is 4. The van der Waals surface area contributed by atoms with E-state index in [0.717, 1.165) is 0 Å². The lowest BCUT2D eigenvalue weighted by atomic mass is 10.6. The van der Waals surface area contributed by atoms with Crippen LogP contribution in [0.2, 0.25) is 0 Å². The van der Waals surface area contributed by atoms with E-state index in [1.165, 1.54) is 0 Å². The Morgan fingerprint density at radius 3 is 2.64 bits per heavy atom. The Morgan fingerprint density at radius 1 is 1.73 bits per heavy atom. The van der Waals surface area contributed by atoms with Gasteiger partial charge in [0.25, 0.3) is 0 Å². The molecule has 0 aliphatic carbocycles. The van der Waals surface area contributed by atoms with Crippen LogP contribution in [0.3, 0.4) is 0 Å². The van der Waals surface area contributed by atoms with Crippen LogP contribution in [0.5, 0.6) is 0 Å². The molecule has 4 nitrogen and oxygen atoms in total. The number of thiocarbonyl (C=S) groups is 1. The zero-order chi connectivity index (χ0) is 7.98. The van der Waals surface area contributed by atoms with E-state index in [2.05, 4.69) is 34.9 Å². The van der Waals surface area contributed by atoms with Crippen molar-refractivity contribution < 1.29 is 9.53 Å². The summed E-state index contributed by atoms with van der Waals surface area (Å²) in [7, 11) is 0. The van der Waals surface area contributed by atoms with Crippen molar-refractivity contribution in [3.8, 4) is 0 Å². The molecule has 0 atom stereocenters. The van der Waals surface area contributed by atoms with Crippen molar-refractivity contribution in [1.82, 2.24) is 11.5 Å². The Kier molecular flexibility index (Phi) is 9.14. The molecule has 0 aromatic heterocycles. The molecule has 0 aromatic carbocycles. The van der Waals surface area contributed by atoms with Gasteiger partial charge in [-0.25, -0.2) is 0 Å². The predicted molar refractivity (Wildman–Crippen MR) is 50.6 cm³/mol. The minimum absolute atomic E-state index is 0. The average Bonchev–Trinajstić information content (AvgIpc) is 1.85. The first kappa shape index (κ1) is 13.2. The largest absolute Gasteiger partial charge is 0.465 e. The van der Waals surface area contributed by atoms with Gasteiger partial charge in [0.1, 0.15) is 6.54 Å². The number of hydrogen-bond donors (Lipinski definition) is 2. The summed E-state index contributed by atoms with van der Waals surface area (Å²) >= 11 is 8.99. The van der Waals surface area contributed by atoms with Crippen LogP contribution in [-0.2, 0) is 22.2 Å². The van der Waals surface area contributed by atoms with Gasteiger partial charge in [0.05, 0.1) is 6.61 Å². The number of esters is 1. The van der Waals surface area contributed by atoms with Gasteiger partial charge in [0, 0.05) is 0 Å². The second-order valence-corrected chi connectivity index (χ2v) is 2.52. The monoisotopic (exact) mass is 196 g/mol. The van der Waals surface area contributed by atoms with Crippen LogP contribution in [0.1, 0.15) is 6.92 Å². The Balaban J connectivity index is 0. The quantitative estimate of drug-likeness (QED) is 0.387. The van der Waals surface area contributed by atoms with Gasteiger partial charge in [0.2, 0.25) is 0 Å². The van der Waals surface area contributed by atoms with E-state index in [1.54, 1.807) is 6.92 Å². The fourth-order valence-electron chi connectivity index (χ4n) is 0.356. The Hall–Kier alpha value is -0.460. The number of nitrogens with one attached hydrogen (secondary N) is 1. The smallest absolute Gasteiger partial charge is 0.325 e. The molecule has 0 heterocycles. The zero-order valence-electron chi connectivity index (χ0n) is 6.55. The van der Waals surface area contributed by atoms with Gasteiger partial charge < -0.3 is 41.1 Å². The molecule has 0 fully saturated rings. The summed E-state index contributed by atoms with van der Waals surface area (Å²) < 4.78 is 4.77. The lowest BCUT2D eigenvalue weighted by Crippen LogP contribution is -2.27. The normalized spacial score (nSPS) is 7.73. The molecule has 0 bridgehead atoms. The number of carbonyl (C=O) groups is 1. The summed E-state index contributed by atoms with van der Waals surface area (Å²) in [5.41, 5.74) is 0. The molecule has 0 aliphatic rings. The molecular formula is C5H12N2O2S2. The van der Waals surface area contributed by atoms with Gasteiger partial charge in [-0.15, -0.1) is 0 Å². The van der Waals surface area contributed by atoms with Gasteiger partial charge in [0.15, 0.2) is 0 Å². The summed E-state index contributed by atoms with van der Waals surface area (Å²) in [5.74, 6) is -0.338. The van der Waals surface area contributed by atoms with E-state index >= 15 is 0 Å². The molecule has 0 aromatic rings. The third-order valence-corrected chi connectivity index (χ3v) is 0.971. The maximum absolute atomic E-state index is 10.6. The summed E-state index contributed by atoms with van der Waals surface area (Å²) in [6, 6.07) is 0. The Bertz CT molecular complexity index is 140. The molecule has 0 spiro atoms. The fourth-order valence-corrected chi connectivity index (χ4v) is 0.501. The first-order valence-corrected chi connectivity index (χ1v) is 3.59. The molecule has 0 rings (SSSR count). The van der Waals surface area contributed by atoms with Crippen LogP contribution in [0.4, 0.5) is 0 Å². The number of rotatable bonds is 3. The minimum atomic E-state index is -0.338. The van der Waals surface area contributed by atoms with Crippen molar-refractivity contribution in [3.05, 3.63) is 0 Å². The topological polar surface area (TPSA) is 74.8 Å². The van der Waals surface area contributed by atoms with E-state index in [-0.39, 0.29) is 23.0 Å². The summed E-state index contributed by atoms with van der Waals surface area (Å²) in [6.07, 6.45) is 0. The van der Waals surface area contributed by atoms with Crippen molar-refractivity contribution in [2.24, 2.45) is 0 Å². The van der Waals surface area contributed by atoms with Crippen molar-refractivity contribution in [3.63, 3.8) is 0 Å². The zero-order valence-corrected chi connectivity index (χ0v) is 8.18. The van der Waals surface area contributed by atoms with Crippen LogP contribution >= 0.6 is 12.2 Å². The highest BCUT2D eigenvalue weighted by Crippen LogP contribution is 1.75. The van der Waals surface area contributed by atoms with Crippen molar-refractivity contribution in [2.45, 2.75) is 6.92 Å². The SMILES string of the molecule is CCOC(=O)CNC(=S)[S-].[NH4+]. The second-order valence-electron chi connectivity index (χ2n) is 1.45. The standard InChI is InChI=1S/C5H9NO2S2.H3N/c1-2-8-4(7)3-6-5(9)10;/h2-3H2,1H3,(H2,6,9,10);1H3. The first-order chi connectivity index (χ1) is 4.66. The number of quaternary nitrogens is 1. The van der Waals surface area contributed by atoms with E-state index in [4.69, 9.17) is 0 Å². The number of ether oxygens (including phenoxy) is 1. The van der Waals surface area contributed by atoms with Crippen molar-refractivity contribution in [1.29, 1.82) is 0 Å². The molecule has 0 saturated heterocycles. The molecule has 0 radical (unpaired) electrons. The van der Waals surface area contributed by atoms with Gasteiger partial charge in [-0.2, -0.15) is 0 Å². The Labute approximate surface area is 76.7 Å². The van der Waals surface area contributed by atoms with Crippen LogP contribution in [-0.4, -0.2) is 23.4 Å². The molecule has 11 heavy (non-hydrogen) atoms. The highest BCUT2D eigenvalue weighted by molar-refractivity contribution is 8.00. The van der Waals surface area contributed by atoms with E-state index in [0.29, 0.717) is 6.61 Å². The molecule has 6 heteroatoms. The van der Waals surface area contributed by atoms with Crippen LogP contribution in [0.25, 0.3) is 0 Å². The maximum Gasteiger partial charge on any atom is 0.325 e. The van der Waals surface area contributed by atoms with Crippen LogP contribution < -0.4 is 11.5 Å². The first-order valence-electron chi connectivity index (χ1n) is 2.77. The summed E-state index contributed by atoms with van der Waals surface area (Å²) in [4.78, 5) is 10.6. The Morgan fingerprint density at radius 2 is 2.27 bits per heavy atom. The third-order valence-electron chi connectivity index (χ3n) is 0.682. The molecular weight excluding hydrogens is 184 g/mol. The molecule has 0 unspecified atom stereocenters. The van der Waals surface area contributed by atoms with Crippen molar-refractivity contribution in [2.75, 3.05) is 13.2 Å². The fraction of sp³-hybridized carbons (Fsp3) is 0.600. The van der Waals surface area contributed by atoms with Gasteiger partial charge in [-0.05, 0) is 6.92 Å². The van der Waals surface area contributed by atoms with Crippen LogP contribution in [0, 0.1) is 0 Å². The van der Waals surface area contributed by atoms with Gasteiger partial charge in [-0.1, -0.05) is 4.32 Å². The van der Waals surface area contributed by atoms with Crippen molar-refractivity contribution >= 4 is 35.1 Å². The average molecular weight is 196 g/mol. The minimum Gasteiger partial charge on any atom is -0.465 e. The molecule has 0 amide bonds. The second kappa shape index (κ2) is 7.64. The lowest BCUT2D eigenvalue weighted by Gasteiger charge is -2.07. The third kappa shape index (κ3) is 9.54. The molecule has 0 aliphatic heterocycles. The molecule has 5 N–H and O–H groups in total. The highest BCUT2D eigenvalue weighted by Gasteiger charge is 1.96. The lowest BCUT2D eigenvalue weighted by molar-refractivity contribution is -0.141. The van der Waals surface area contributed by atoms with Gasteiger partial charge >= 0.3 is 5.97 Å². The number of carbonyl (C=O) groups excluding carboxylic acids is 1. The maximum atomic E-state index is 10.6. The van der Waals surface area contributed by atoms with Crippen LogP contribution in [0.15, 0.2) is 0 Å². The predicted octanol–water partition coefficient (Wildman–Crippen LogP) is 0.347. The van der Waals surface area contributed by atoms with E-state index in [1.807, 2.05) is 0 Å². The van der Waals surface area contributed by atoms with E-state index < -0.39 is 0 Å².